The summed E-state index contributed by atoms with van der Waals surface area (Å²) in [5.41, 5.74) is 0. The van der Waals surface area contributed by atoms with Crippen LogP contribution in [0, 0.1) is 0 Å². The van der Waals surface area contributed by atoms with Crippen molar-refractivity contribution in [3.05, 3.63) is 0 Å². The summed E-state index contributed by atoms with van der Waals surface area (Å²) in [6.45, 7) is -0.946. The van der Waals surface area contributed by atoms with Crippen molar-refractivity contribution in [1.82, 2.24) is 10.6 Å². The largest absolute Gasteiger partial charge is 0.394 e. The fourth-order valence-corrected chi connectivity index (χ4v) is 13.5. The van der Waals surface area contributed by atoms with E-state index in [1.54, 1.807) is 0 Å². The molecule has 9 heterocycles. The van der Waals surface area contributed by atoms with Crippen molar-refractivity contribution in [1.29, 1.82) is 0 Å². The van der Waals surface area contributed by atoms with Gasteiger partial charge < -0.3 is 214 Å². The molecule has 1 unspecified atom stereocenters. The van der Waals surface area contributed by atoms with Gasteiger partial charge in [-0.1, -0.05) is 0 Å². The molecule has 0 radical (unpaired) electrons. The SMILES string of the molecule is CC(=O)N[C@H]1[C@H](OC[C@H]2O[C@@H](O[C@H]3[C@H](O)[C@@H](O)C(O)O[C@@H]3CO)[C@H](O)[C@@H](O[C@@H]3O[C@H](CO)[C@@H](O[C@@H]4O[C@H](CO)[C@H](O)[C@H](O)[C@H]4O[C@@H]4O[C@@H](C)[C@@H](O)[C@@H](O)[C@@H]4O)[C@H](O[C@@H]4O[C@@H](C)[C@@H](O)[C@@H](O)[C@@H]4O)[C@H]3NC(C)=O)[C@H]2O)O[C@H](CO)[C@@H](O[C@@H]2O[C@H](CO)[C@H](O)[C@H](O)[C@H]2O)[C@@H]1O[C@@H]1O[C@@H](C)[C@@H](O)[C@@H](O)[C@@H]1O. The van der Waals surface area contributed by atoms with Crippen LogP contribution in [0.25, 0.3) is 0 Å². The minimum atomic E-state index is -2.48. The van der Waals surface area contributed by atoms with Crippen LogP contribution in [0.3, 0.4) is 0 Å². The number of rotatable bonds is 24. The first-order valence-electron chi connectivity index (χ1n) is 33.2. The number of amides is 2. The maximum Gasteiger partial charge on any atom is 0.217 e. The quantitative estimate of drug-likeness (QED) is 0.0427. The lowest BCUT2D eigenvalue weighted by atomic mass is 9.93. The van der Waals surface area contributed by atoms with Gasteiger partial charge in [-0.05, 0) is 20.8 Å². The molecule has 0 bridgehead atoms. The predicted molar refractivity (Wildman–Crippen MR) is 316 cm³/mol. The van der Waals surface area contributed by atoms with E-state index >= 15 is 0 Å². The predicted octanol–water partition coefficient (Wildman–Crippen LogP) is -17.3. The van der Waals surface area contributed by atoms with E-state index in [0.29, 0.717) is 0 Å². The maximum atomic E-state index is 13.6. The van der Waals surface area contributed by atoms with E-state index in [9.17, 15) is 132 Å². The van der Waals surface area contributed by atoms with E-state index in [0.717, 1.165) is 13.8 Å². The molecule has 9 saturated heterocycles. The van der Waals surface area contributed by atoms with Crippen LogP contribution in [0.5, 0.6) is 0 Å². The first-order chi connectivity index (χ1) is 48.6. The Hall–Kier alpha value is -2.70. The number of nitrogens with one attached hydrogen (secondary N) is 2. The van der Waals surface area contributed by atoms with Crippen LogP contribution in [0.4, 0.5) is 0 Å². The van der Waals surface area contributed by atoms with Crippen LogP contribution in [0.15, 0.2) is 0 Å². The van der Waals surface area contributed by atoms with Gasteiger partial charge in [0.25, 0.3) is 0 Å². The van der Waals surface area contributed by atoms with Gasteiger partial charge in [-0.3, -0.25) is 9.59 Å². The Bertz CT molecular complexity index is 2660. The molecule has 2 amide bonds. The highest BCUT2D eigenvalue weighted by Crippen LogP contribution is 2.41. The van der Waals surface area contributed by atoms with Crippen molar-refractivity contribution in [2.24, 2.45) is 0 Å². The van der Waals surface area contributed by atoms with Gasteiger partial charge in [0, 0.05) is 13.8 Å². The van der Waals surface area contributed by atoms with Gasteiger partial charge in [-0.25, -0.2) is 0 Å². The highest BCUT2D eigenvalue weighted by molar-refractivity contribution is 5.73. The zero-order valence-corrected chi connectivity index (χ0v) is 55.7. The summed E-state index contributed by atoms with van der Waals surface area (Å²) in [5.74, 6) is -1.95. The standard InChI is InChI=1S/C58H98N2O43/c1-12-25(68)31(74)38(81)53(88-12)100-46-23(59-15(4)66)51(94-20(9-64)44(46)98-56-41(84)34(77)28(71)17(6-61)92-56)87-11-22-30(73)48(42(85)57(96-22)97-43-19(8-63)91-50(86)37(80)36(43)79)102-52-24(60-16(5)67)47(101-54-39(82)32(75)26(69)13(2)89-54)45(21(10-65)95-52)99-58-49(35(78)29(72)18(7-62)93-58)103-55-40(83)33(76)27(70)14(3)90-55/h12-14,17-58,61-65,68-86H,6-11H2,1-5H3,(H,59,66)(H,60,67)/t12-,13-,14-,17+,18+,19+,20+,21+,22+,23+,24+,25+,26+,27+,28-,29-,30-,31+,32+,33+,34-,35-,36+,37+,38-,39-,40-,41+,42+,43+,44+,45+,46+,47+,48-,49+,50?,51+,52-,53-,54-,55-,56-,57-,58-/m0/s1. The summed E-state index contributed by atoms with van der Waals surface area (Å²) < 4.78 is 102. The van der Waals surface area contributed by atoms with E-state index in [4.69, 9.17) is 80.5 Å². The average molecular weight is 1510 g/mol. The van der Waals surface area contributed by atoms with E-state index in [2.05, 4.69) is 10.6 Å². The van der Waals surface area contributed by atoms with Crippen molar-refractivity contribution in [2.45, 2.75) is 311 Å². The fourth-order valence-electron chi connectivity index (χ4n) is 13.5. The van der Waals surface area contributed by atoms with E-state index in [1.165, 1.54) is 20.8 Å². The summed E-state index contributed by atoms with van der Waals surface area (Å²) in [6.07, 6.45) is -86.1. The molecule has 26 N–H and O–H groups in total. The molecule has 45 nitrogen and oxygen atoms in total. The minimum Gasteiger partial charge on any atom is -0.394 e. The number of ether oxygens (including phenoxy) is 17. The molecule has 9 aliphatic heterocycles. The molecule has 0 saturated carbocycles. The van der Waals surface area contributed by atoms with Crippen LogP contribution in [0.1, 0.15) is 34.6 Å². The number of carbonyl (C=O) groups is 2. The van der Waals surface area contributed by atoms with Gasteiger partial charge in [0.15, 0.2) is 56.6 Å². The molecule has 45 atom stereocenters. The van der Waals surface area contributed by atoms with Gasteiger partial charge in [-0.2, -0.15) is 0 Å². The van der Waals surface area contributed by atoms with Gasteiger partial charge in [0.1, 0.15) is 201 Å². The van der Waals surface area contributed by atoms with E-state index in [-0.39, 0.29) is 0 Å². The highest BCUT2D eigenvalue weighted by atomic mass is 16.8. The highest BCUT2D eigenvalue weighted by Gasteiger charge is 2.61. The summed E-state index contributed by atoms with van der Waals surface area (Å²) in [5, 5.41) is 269. The Kier molecular flexibility index (Phi) is 29.5. The van der Waals surface area contributed by atoms with Gasteiger partial charge in [0.05, 0.1) is 58.0 Å². The zero-order chi connectivity index (χ0) is 75.8. The fraction of sp³-hybridized carbons (Fsp3) is 0.966. The number of hydrogen-bond donors (Lipinski definition) is 26. The Balaban J connectivity index is 1.09. The Labute approximate surface area is 584 Å². The Morgan fingerprint density at radius 1 is 0.272 bits per heavy atom. The molecule has 0 aromatic carbocycles. The first kappa shape index (κ1) is 84.3. The van der Waals surface area contributed by atoms with Crippen molar-refractivity contribution < 1.29 is 213 Å². The molecule has 45 heteroatoms. The third-order valence-electron chi connectivity index (χ3n) is 19.4. The van der Waals surface area contributed by atoms with Crippen molar-refractivity contribution in [3.8, 4) is 0 Å². The third kappa shape index (κ3) is 18.0. The molecule has 0 aliphatic carbocycles. The van der Waals surface area contributed by atoms with Crippen LogP contribution in [-0.4, -0.2) is 450 Å². The van der Waals surface area contributed by atoms with E-state index in [1.807, 2.05) is 0 Å². The molecular weight excluding hydrogens is 1410 g/mol. The van der Waals surface area contributed by atoms with Crippen molar-refractivity contribution in [2.75, 3.05) is 39.6 Å². The topological polar surface area (TPSA) is 701 Å². The number of carbonyl (C=O) groups excluding carboxylic acids is 2. The number of hydrogen-bond acceptors (Lipinski definition) is 43. The second-order valence-corrected chi connectivity index (χ2v) is 26.6. The summed E-state index contributed by atoms with van der Waals surface area (Å²) in [4.78, 5) is 26.9. The molecular formula is C58H98N2O43. The van der Waals surface area contributed by atoms with Gasteiger partial charge in [-0.15, -0.1) is 0 Å². The molecule has 0 aromatic heterocycles. The van der Waals surface area contributed by atoms with Crippen LogP contribution in [-0.2, 0) is 90.1 Å². The number of aliphatic hydroxyl groups excluding tert-OH is 24. The molecule has 0 spiro atoms. The molecule has 598 valence electrons. The third-order valence-corrected chi connectivity index (χ3v) is 19.4. The Morgan fingerprint density at radius 2 is 0.583 bits per heavy atom. The van der Waals surface area contributed by atoms with Crippen LogP contribution < -0.4 is 10.6 Å². The molecule has 9 rings (SSSR count). The molecule has 103 heavy (non-hydrogen) atoms. The summed E-state index contributed by atoms with van der Waals surface area (Å²) in [7, 11) is 0. The normalized spacial score (nSPS) is 52.3. The Morgan fingerprint density at radius 3 is 1.03 bits per heavy atom. The minimum absolute atomic E-state index is 0.923. The van der Waals surface area contributed by atoms with Gasteiger partial charge >= 0.3 is 0 Å². The second-order valence-electron chi connectivity index (χ2n) is 26.6. The molecule has 9 aliphatic rings. The van der Waals surface area contributed by atoms with Crippen LogP contribution in [0.2, 0.25) is 0 Å². The zero-order valence-electron chi connectivity index (χ0n) is 55.7. The lowest BCUT2D eigenvalue weighted by Gasteiger charge is -2.52. The smallest absolute Gasteiger partial charge is 0.217 e. The van der Waals surface area contributed by atoms with Crippen molar-refractivity contribution >= 4 is 11.8 Å². The summed E-state index contributed by atoms with van der Waals surface area (Å²) >= 11 is 0. The van der Waals surface area contributed by atoms with Crippen LogP contribution >= 0.6 is 0 Å². The lowest BCUT2D eigenvalue weighted by molar-refractivity contribution is -0.402. The summed E-state index contributed by atoms with van der Waals surface area (Å²) in [6, 6.07) is -3.94. The monoisotopic (exact) mass is 1510 g/mol. The molecule has 9 fully saturated rings. The second kappa shape index (κ2) is 36.0. The molecule has 0 aromatic rings. The lowest BCUT2D eigenvalue weighted by Crippen LogP contribution is -2.71. The van der Waals surface area contributed by atoms with E-state index < -0.39 is 328 Å². The van der Waals surface area contributed by atoms with Gasteiger partial charge in [0.2, 0.25) is 11.8 Å². The average Bonchev–Trinajstić information content (AvgIpc) is 0.763. The van der Waals surface area contributed by atoms with Crippen molar-refractivity contribution in [3.63, 3.8) is 0 Å². The maximum absolute atomic E-state index is 13.6. The first-order valence-corrected chi connectivity index (χ1v) is 33.2. The number of aliphatic hydroxyl groups is 24.